The Balaban J connectivity index is 1.64. The first-order valence-corrected chi connectivity index (χ1v) is 11.2. The summed E-state index contributed by atoms with van der Waals surface area (Å²) in [5.41, 5.74) is 4.46. The third-order valence-electron chi connectivity index (χ3n) is 5.26. The molecule has 0 amide bonds. The van der Waals surface area contributed by atoms with Crippen LogP contribution in [0.4, 0.5) is 0 Å². The Morgan fingerprint density at radius 3 is 1.62 bits per heavy atom. The van der Waals surface area contributed by atoms with E-state index < -0.39 is 0 Å². The molecule has 3 aromatic rings. The van der Waals surface area contributed by atoms with Crippen LogP contribution in [0.2, 0.25) is 0 Å². The van der Waals surface area contributed by atoms with Crippen LogP contribution < -0.4 is 4.74 Å². The Bertz CT molecular complexity index is 766. The molecule has 1 saturated heterocycles. The number of hydrogen-bond donors (Lipinski definition) is 0. The summed E-state index contributed by atoms with van der Waals surface area (Å²) >= 11 is 0.575. The van der Waals surface area contributed by atoms with Gasteiger partial charge in [-0.3, -0.25) is 0 Å². The van der Waals surface area contributed by atoms with Crippen molar-refractivity contribution < 1.29 is 4.74 Å². The summed E-state index contributed by atoms with van der Waals surface area (Å²) in [6.07, 6.45) is 2.50. The second-order valence-electron chi connectivity index (χ2n) is 6.88. The van der Waals surface area contributed by atoms with Crippen LogP contribution in [0.25, 0.3) is 0 Å². The number of rotatable bonds is 4. The molecule has 2 atom stereocenters. The van der Waals surface area contributed by atoms with E-state index in [0.29, 0.717) is 30.5 Å². The van der Waals surface area contributed by atoms with Crippen LogP contribution in [0.1, 0.15) is 45.1 Å². The quantitative estimate of drug-likeness (QED) is 0.500. The maximum atomic E-state index is 5.34. The van der Waals surface area contributed by atoms with E-state index in [0.717, 1.165) is 5.75 Å². The molecule has 1 aliphatic rings. The summed E-state index contributed by atoms with van der Waals surface area (Å²) in [5.74, 6) is 1.54. The van der Waals surface area contributed by atoms with E-state index in [-0.39, 0.29) is 0 Å². The van der Waals surface area contributed by atoms with Crippen molar-refractivity contribution in [1.82, 2.24) is 0 Å². The molecule has 0 N–H and O–H groups in total. The Hall–Kier alpha value is -2.02. The molecule has 0 radical (unpaired) electrons. The molecule has 1 heterocycles. The Morgan fingerprint density at radius 1 is 0.654 bits per heavy atom. The third-order valence-corrected chi connectivity index (χ3v) is 8.58. The van der Waals surface area contributed by atoms with E-state index in [1.54, 1.807) is 7.11 Å². The van der Waals surface area contributed by atoms with E-state index in [1.807, 2.05) is 0 Å². The van der Waals surface area contributed by atoms with Gasteiger partial charge < -0.3 is 0 Å². The van der Waals surface area contributed by atoms with Gasteiger partial charge in [-0.25, -0.2) is 0 Å². The van der Waals surface area contributed by atoms with Gasteiger partial charge in [0.1, 0.15) is 0 Å². The summed E-state index contributed by atoms with van der Waals surface area (Å²) in [7, 11) is 1.73. The van der Waals surface area contributed by atoms with Crippen LogP contribution in [0, 0.1) is 0 Å². The van der Waals surface area contributed by atoms with Gasteiger partial charge >= 0.3 is 163 Å². The Labute approximate surface area is 162 Å². The van der Waals surface area contributed by atoms with Crippen molar-refractivity contribution in [2.45, 2.75) is 28.4 Å². The summed E-state index contributed by atoms with van der Waals surface area (Å²) in [4.78, 5) is 1.35. The fourth-order valence-corrected chi connectivity index (χ4v) is 7.43. The maximum absolute atomic E-state index is 5.34. The standard InChI is InChI=1S/C24H24OSe/c1-25-22-14-12-18(13-15-22)21-16-23(19-8-4-2-5-9-19)26-24(17-21)20-10-6-3-7-11-20/h2-15,21,23-24H,16-17H2,1H3. The van der Waals surface area contributed by atoms with E-state index in [4.69, 9.17) is 4.74 Å². The molecule has 0 saturated carbocycles. The second kappa shape index (κ2) is 8.12. The van der Waals surface area contributed by atoms with Crippen molar-refractivity contribution in [2.75, 3.05) is 7.11 Å². The van der Waals surface area contributed by atoms with E-state index in [9.17, 15) is 0 Å². The summed E-state index contributed by atoms with van der Waals surface area (Å²) in [6, 6.07) is 30.9. The van der Waals surface area contributed by atoms with E-state index in [2.05, 4.69) is 84.9 Å². The molecule has 0 bridgehead atoms. The van der Waals surface area contributed by atoms with Crippen LogP contribution in [-0.4, -0.2) is 22.1 Å². The van der Waals surface area contributed by atoms with Crippen molar-refractivity contribution in [1.29, 1.82) is 0 Å². The molecule has 0 aromatic heterocycles. The van der Waals surface area contributed by atoms with Crippen molar-refractivity contribution >= 4 is 15.0 Å². The van der Waals surface area contributed by atoms with Crippen molar-refractivity contribution in [3.8, 4) is 5.75 Å². The van der Waals surface area contributed by atoms with Crippen molar-refractivity contribution in [3.63, 3.8) is 0 Å². The predicted molar refractivity (Wildman–Crippen MR) is 109 cm³/mol. The SMILES string of the molecule is COc1ccc(C2CC(c3ccccc3)[Se]C(c3ccccc3)C2)cc1. The van der Waals surface area contributed by atoms with E-state index >= 15 is 0 Å². The van der Waals surface area contributed by atoms with Gasteiger partial charge in [-0.15, -0.1) is 0 Å². The van der Waals surface area contributed by atoms with Gasteiger partial charge in [0.2, 0.25) is 0 Å². The Kier molecular flexibility index (Phi) is 5.43. The van der Waals surface area contributed by atoms with Gasteiger partial charge in [-0.1, -0.05) is 0 Å². The minimum atomic E-state index is 0.575. The molecule has 4 rings (SSSR count). The molecule has 2 unspecified atom stereocenters. The molecule has 132 valence electrons. The van der Waals surface area contributed by atoms with Crippen LogP contribution in [0.5, 0.6) is 5.75 Å². The molecule has 1 fully saturated rings. The zero-order valence-electron chi connectivity index (χ0n) is 15.0. The van der Waals surface area contributed by atoms with Crippen LogP contribution in [0.15, 0.2) is 84.9 Å². The molecule has 1 aliphatic heterocycles. The molecular weight excluding hydrogens is 383 g/mol. The summed E-state index contributed by atoms with van der Waals surface area (Å²) in [6.45, 7) is 0. The molecule has 0 aliphatic carbocycles. The summed E-state index contributed by atoms with van der Waals surface area (Å²) in [5, 5.41) is 0. The topological polar surface area (TPSA) is 9.23 Å². The van der Waals surface area contributed by atoms with Gasteiger partial charge in [-0.2, -0.15) is 0 Å². The van der Waals surface area contributed by atoms with Gasteiger partial charge in [0, 0.05) is 0 Å². The van der Waals surface area contributed by atoms with Gasteiger partial charge in [0.15, 0.2) is 0 Å². The number of ether oxygens (including phenoxy) is 1. The van der Waals surface area contributed by atoms with Gasteiger partial charge in [0.25, 0.3) is 0 Å². The monoisotopic (exact) mass is 408 g/mol. The minimum absolute atomic E-state index is 0.575. The van der Waals surface area contributed by atoms with E-state index in [1.165, 1.54) is 29.5 Å². The molecule has 1 nitrogen and oxygen atoms in total. The normalized spacial score (nSPS) is 22.7. The second-order valence-corrected chi connectivity index (χ2v) is 9.84. The van der Waals surface area contributed by atoms with Crippen LogP contribution in [-0.2, 0) is 0 Å². The third kappa shape index (κ3) is 3.87. The van der Waals surface area contributed by atoms with Crippen LogP contribution >= 0.6 is 0 Å². The van der Waals surface area contributed by atoms with Crippen molar-refractivity contribution in [3.05, 3.63) is 102 Å². The number of benzene rings is 3. The molecule has 0 spiro atoms. The Morgan fingerprint density at radius 2 is 1.15 bits per heavy atom. The molecular formula is C24H24OSe. The average Bonchev–Trinajstić information content (AvgIpc) is 2.75. The zero-order valence-corrected chi connectivity index (χ0v) is 16.8. The fourth-order valence-electron chi connectivity index (χ4n) is 3.84. The average molecular weight is 407 g/mol. The number of methoxy groups -OCH3 is 1. The first kappa shape index (κ1) is 17.4. The molecule has 3 aromatic carbocycles. The summed E-state index contributed by atoms with van der Waals surface area (Å²) < 4.78 is 5.34. The molecule has 2 heteroatoms. The fraction of sp³-hybridized carbons (Fsp3) is 0.250. The number of hydrogen-bond acceptors (Lipinski definition) is 1. The van der Waals surface area contributed by atoms with Gasteiger partial charge in [-0.05, 0) is 0 Å². The zero-order chi connectivity index (χ0) is 17.8. The first-order chi connectivity index (χ1) is 12.8. The first-order valence-electron chi connectivity index (χ1n) is 9.23. The predicted octanol–water partition coefficient (Wildman–Crippen LogP) is 5.76. The van der Waals surface area contributed by atoms with Crippen LogP contribution in [0.3, 0.4) is 0 Å². The van der Waals surface area contributed by atoms with Gasteiger partial charge in [0.05, 0.1) is 0 Å². The van der Waals surface area contributed by atoms with Crippen molar-refractivity contribution in [2.24, 2.45) is 0 Å². The molecule has 26 heavy (non-hydrogen) atoms.